The number of non-ortho nitro benzene ring substituents is 1. The summed E-state index contributed by atoms with van der Waals surface area (Å²) < 4.78 is 5.54. The molecule has 0 aromatic heterocycles. The molecule has 1 aliphatic rings. The van der Waals surface area contributed by atoms with Crippen LogP contribution in [-0.2, 0) is 14.3 Å². The van der Waals surface area contributed by atoms with Crippen LogP contribution in [-0.4, -0.2) is 45.9 Å². The van der Waals surface area contributed by atoms with Gasteiger partial charge in [0.15, 0.2) is 11.5 Å². The van der Waals surface area contributed by atoms with Gasteiger partial charge in [-0.25, -0.2) is 0 Å². The maximum atomic E-state index is 13.1. The molecule has 0 bridgehead atoms. The molecule has 33 heavy (non-hydrogen) atoms. The minimum Gasteiger partial charge on any atom is -0.503 e. The van der Waals surface area contributed by atoms with Gasteiger partial charge in [0.1, 0.15) is 0 Å². The zero-order valence-electron chi connectivity index (χ0n) is 18.5. The van der Waals surface area contributed by atoms with Crippen molar-refractivity contribution in [3.8, 4) is 0 Å². The van der Waals surface area contributed by atoms with E-state index in [4.69, 9.17) is 4.74 Å². The van der Waals surface area contributed by atoms with Crippen LogP contribution in [0.2, 0.25) is 0 Å². The van der Waals surface area contributed by atoms with Crippen LogP contribution in [0.1, 0.15) is 37.4 Å². The van der Waals surface area contributed by atoms with Crippen molar-refractivity contribution >= 4 is 23.5 Å². The molecular weight excluding hydrogens is 424 g/mol. The summed E-state index contributed by atoms with van der Waals surface area (Å²) in [5.74, 6) is -1.87. The fraction of sp³-hybridized carbons (Fsp3) is 0.280. The van der Waals surface area contributed by atoms with Crippen LogP contribution in [0.25, 0.3) is 6.08 Å². The number of hydrogen-bond donors (Lipinski definition) is 1. The summed E-state index contributed by atoms with van der Waals surface area (Å²) in [6, 6.07) is 14.0. The average Bonchev–Trinajstić information content (AvgIpc) is 3.06. The largest absolute Gasteiger partial charge is 0.503 e. The quantitative estimate of drug-likeness (QED) is 0.249. The predicted molar refractivity (Wildman–Crippen MR) is 123 cm³/mol. The van der Waals surface area contributed by atoms with Gasteiger partial charge in [0.2, 0.25) is 0 Å². The summed E-state index contributed by atoms with van der Waals surface area (Å²) in [5, 5.41) is 21.9. The highest BCUT2D eigenvalue weighted by Crippen LogP contribution is 2.39. The predicted octanol–water partition coefficient (Wildman–Crippen LogP) is 4.39. The Bertz CT molecular complexity index is 1090. The molecule has 8 nitrogen and oxygen atoms in total. The molecule has 3 rings (SSSR count). The lowest BCUT2D eigenvalue weighted by atomic mass is 9.95. The molecule has 8 heteroatoms. The van der Waals surface area contributed by atoms with Gasteiger partial charge in [0, 0.05) is 25.3 Å². The SMILES string of the molecule is CC(C)OCCCN1C(=O)C(O)=C(C(=O)/C=C/c2ccccc2)[C@@H]1c1cccc([N+](=O)[O-])c1. The van der Waals surface area contributed by atoms with Crippen molar-refractivity contribution in [1.82, 2.24) is 4.90 Å². The first-order chi connectivity index (χ1) is 15.8. The number of carbonyl (C=O) groups is 2. The van der Waals surface area contributed by atoms with Crippen molar-refractivity contribution in [2.45, 2.75) is 32.4 Å². The normalized spacial score (nSPS) is 16.3. The van der Waals surface area contributed by atoms with Crippen LogP contribution >= 0.6 is 0 Å². The molecule has 1 aliphatic heterocycles. The lowest BCUT2D eigenvalue weighted by molar-refractivity contribution is -0.384. The van der Waals surface area contributed by atoms with E-state index in [0.29, 0.717) is 18.6 Å². The Morgan fingerprint density at radius 1 is 1.21 bits per heavy atom. The number of benzene rings is 2. The molecule has 0 spiro atoms. The maximum Gasteiger partial charge on any atom is 0.290 e. The first-order valence-electron chi connectivity index (χ1n) is 10.7. The molecule has 0 saturated heterocycles. The highest BCUT2D eigenvalue weighted by Gasteiger charge is 2.42. The number of aliphatic hydroxyl groups is 1. The Morgan fingerprint density at radius 2 is 1.94 bits per heavy atom. The summed E-state index contributed by atoms with van der Waals surface area (Å²) in [6.45, 7) is 4.40. The summed E-state index contributed by atoms with van der Waals surface area (Å²) in [4.78, 5) is 38.1. The topological polar surface area (TPSA) is 110 Å². The van der Waals surface area contributed by atoms with E-state index in [9.17, 15) is 24.8 Å². The third-order valence-corrected chi connectivity index (χ3v) is 5.19. The van der Waals surface area contributed by atoms with Gasteiger partial charge in [-0.3, -0.25) is 19.7 Å². The van der Waals surface area contributed by atoms with Crippen LogP contribution in [0.15, 0.2) is 72.0 Å². The van der Waals surface area contributed by atoms with Gasteiger partial charge in [-0.2, -0.15) is 0 Å². The second-order valence-electron chi connectivity index (χ2n) is 7.90. The number of nitro benzene ring substituents is 1. The van der Waals surface area contributed by atoms with Gasteiger partial charge >= 0.3 is 0 Å². The molecule has 1 heterocycles. The zero-order valence-corrected chi connectivity index (χ0v) is 18.5. The summed E-state index contributed by atoms with van der Waals surface area (Å²) in [6.07, 6.45) is 3.39. The van der Waals surface area contributed by atoms with E-state index in [1.807, 2.05) is 44.2 Å². The van der Waals surface area contributed by atoms with E-state index < -0.39 is 28.4 Å². The van der Waals surface area contributed by atoms with E-state index in [2.05, 4.69) is 0 Å². The Balaban J connectivity index is 1.95. The van der Waals surface area contributed by atoms with Gasteiger partial charge in [0.05, 0.1) is 22.6 Å². The van der Waals surface area contributed by atoms with Crippen LogP contribution < -0.4 is 0 Å². The smallest absolute Gasteiger partial charge is 0.290 e. The van der Waals surface area contributed by atoms with Crippen LogP contribution in [0.4, 0.5) is 5.69 Å². The monoisotopic (exact) mass is 450 g/mol. The third kappa shape index (κ3) is 5.72. The molecule has 0 fully saturated rings. The number of hydrogen-bond acceptors (Lipinski definition) is 6. The Hall–Kier alpha value is -3.78. The van der Waals surface area contributed by atoms with Crippen molar-refractivity contribution in [2.75, 3.05) is 13.2 Å². The number of carbonyl (C=O) groups excluding carboxylic acids is 2. The molecule has 1 amide bonds. The van der Waals surface area contributed by atoms with Crippen LogP contribution in [0.5, 0.6) is 0 Å². The molecule has 172 valence electrons. The van der Waals surface area contributed by atoms with E-state index in [0.717, 1.165) is 5.56 Å². The molecule has 1 N–H and O–H groups in total. The van der Waals surface area contributed by atoms with E-state index in [-0.39, 0.29) is 23.9 Å². The van der Waals surface area contributed by atoms with Crippen LogP contribution in [0.3, 0.4) is 0 Å². The van der Waals surface area contributed by atoms with Gasteiger partial charge < -0.3 is 14.7 Å². The van der Waals surface area contributed by atoms with Crippen molar-refractivity contribution in [1.29, 1.82) is 0 Å². The minimum absolute atomic E-state index is 0.0265. The third-order valence-electron chi connectivity index (χ3n) is 5.19. The summed E-state index contributed by atoms with van der Waals surface area (Å²) in [5.41, 5.74) is 0.895. The molecule has 0 saturated carbocycles. The number of aliphatic hydroxyl groups excluding tert-OH is 1. The Labute approximate surface area is 191 Å². The van der Waals surface area contributed by atoms with Gasteiger partial charge in [-0.1, -0.05) is 48.5 Å². The summed E-state index contributed by atoms with van der Waals surface area (Å²) in [7, 11) is 0. The fourth-order valence-electron chi connectivity index (χ4n) is 3.67. The van der Waals surface area contributed by atoms with Crippen molar-refractivity contribution < 1.29 is 24.4 Å². The number of rotatable bonds is 10. The van der Waals surface area contributed by atoms with Gasteiger partial charge in [0.25, 0.3) is 11.6 Å². The van der Waals surface area contributed by atoms with Crippen molar-refractivity contribution in [2.24, 2.45) is 0 Å². The lowest BCUT2D eigenvalue weighted by Crippen LogP contribution is -2.32. The molecular formula is C25H26N2O6. The van der Waals surface area contributed by atoms with Crippen LogP contribution in [0, 0.1) is 10.1 Å². The number of allylic oxidation sites excluding steroid dienone is 1. The van der Waals surface area contributed by atoms with Gasteiger partial charge in [-0.15, -0.1) is 0 Å². The fourth-order valence-corrected chi connectivity index (χ4v) is 3.67. The summed E-state index contributed by atoms with van der Waals surface area (Å²) >= 11 is 0. The van der Waals surface area contributed by atoms with Gasteiger partial charge in [-0.05, 0) is 37.5 Å². The molecule has 2 aromatic rings. The average molecular weight is 450 g/mol. The second-order valence-corrected chi connectivity index (χ2v) is 7.90. The second kappa shape index (κ2) is 10.7. The van der Waals surface area contributed by atoms with Crippen molar-refractivity contribution in [3.05, 3.63) is 93.2 Å². The molecule has 0 aliphatic carbocycles. The van der Waals surface area contributed by atoms with E-state index in [1.54, 1.807) is 12.1 Å². The molecule has 0 radical (unpaired) electrons. The number of nitro groups is 1. The minimum atomic E-state index is -0.940. The Morgan fingerprint density at radius 3 is 2.61 bits per heavy atom. The number of ketones is 1. The number of amides is 1. The maximum absolute atomic E-state index is 13.1. The number of nitrogens with zero attached hydrogens (tertiary/aromatic N) is 2. The lowest BCUT2D eigenvalue weighted by Gasteiger charge is -2.26. The van der Waals surface area contributed by atoms with E-state index >= 15 is 0 Å². The molecule has 2 aromatic carbocycles. The number of ether oxygens (including phenoxy) is 1. The first-order valence-corrected chi connectivity index (χ1v) is 10.7. The highest BCUT2D eigenvalue weighted by atomic mass is 16.6. The standard InChI is InChI=1S/C25H26N2O6/c1-17(2)33-15-7-14-26-23(19-10-6-11-20(16-19)27(31)32)22(24(29)25(26)30)21(28)13-12-18-8-4-3-5-9-18/h3-6,8-13,16-17,23,29H,7,14-15H2,1-2H3/b13-12+/t23-/m0/s1. The molecule has 1 atom stereocenters. The zero-order chi connectivity index (χ0) is 24.0. The Kier molecular flexibility index (Phi) is 7.74. The van der Waals surface area contributed by atoms with Crippen molar-refractivity contribution in [3.63, 3.8) is 0 Å². The highest BCUT2D eigenvalue weighted by molar-refractivity contribution is 6.14. The molecule has 0 unspecified atom stereocenters. The van der Waals surface area contributed by atoms with E-state index in [1.165, 1.54) is 29.2 Å². The first kappa shape index (κ1) is 23.9.